The Morgan fingerprint density at radius 2 is 1.80 bits per heavy atom. The van der Waals surface area contributed by atoms with Crippen LogP contribution in [0.2, 0.25) is 0 Å². The van der Waals surface area contributed by atoms with Crippen molar-refractivity contribution in [1.82, 2.24) is 4.67 Å². The quantitative estimate of drug-likeness (QED) is 0.733. The summed E-state index contributed by atoms with van der Waals surface area (Å²) in [6.07, 6.45) is 0. The number of benzene rings is 1. The van der Waals surface area contributed by atoms with Crippen LogP contribution < -0.4 is 0 Å². The summed E-state index contributed by atoms with van der Waals surface area (Å²) in [5.74, 6) is 0. The fourth-order valence-electron chi connectivity index (χ4n) is 1.67. The zero-order valence-electron chi connectivity index (χ0n) is 10.2. The molecule has 84 valence electrons. The summed E-state index contributed by atoms with van der Waals surface area (Å²) in [4.78, 5) is 0. The minimum Gasteiger partial charge on any atom is -0.307 e. The zero-order valence-corrected chi connectivity index (χ0v) is 11.1. The molecule has 0 saturated heterocycles. The van der Waals surface area contributed by atoms with Gasteiger partial charge in [-0.05, 0) is 32.0 Å². The van der Waals surface area contributed by atoms with Crippen LogP contribution in [-0.2, 0) is 4.57 Å². The van der Waals surface area contributed by atoms with Crippen LogP contribution in [0.1, 0.15) is 24.1 Å². The van der Waals surface area contributed by atoms with Crippen molar-refractivity contribution < 1.29 is 4.57 Å². The van der Waals surface area contributed by atoms with Crippen molar-refractivity contribution in [1.29, 1.82) is 0 Å². The van der Waals surface area contributed by atoms with Crippen molar-refractivity contribution in [2.45, 2.75) is 19.9 Å². The van der Waals surface area contributed by atoms with E-state index in [0.29, 0.717) is 0 Å². The van der Waals surface area contributed by atoms with Gasteiger partial charge in [-0.3, -0.25) is 0 Å². The molecule has 2 nitrogen and oxygen atoms in total. The van der Waals surface area contributed by atoms with Gasteiger partial charge >= 0.3 is 0 Å². The van der Waals surface area contributed by atoms with Crippen molar-refractivity contribution >= 4 is 7.29 Å². The number of hydrogen-bond acceptors (Lipinski definition) is 1. The smallest absolute Gasteiger partial charge is 0.144 e. The van der Waals surface area contributed by atoms with Crippen LogP contribution in [-0.4, -0.2) is 25.0 Å². The van der Waals surface area contributed by atoms with Crippen LogP contribution in [0.15, 0.2) is 24.3 Å². The molecule has 0 aliphatic heterocycles. The molecule has 0 bridgehead atoms. The Bertz CT molecular complexity index is 383. The highest BCUT2D eigenvalue weighted by Gasteiger charge is 2.22. The zero-order chi connectivity index (χ0) is 11.6. The molecule has 0 fully saturated rings. The lowest BCUT2D eigenvalue weighted by atomic mass is 10.0. The molecule has 0 saturated carbocycles. The maximum absolute atomic E-state index is 12.0. The van der Waals surface area contributed by atoms with Crippen LogP contribution in [0.4, 0.5) is 0 Å². The second-order valence-corrected chi connectivity index (χ2v) is 7.62. The molecule has 0 aliphatic carbocycles. The first-order valence-corrected chi connectivity index (χ1v) is 7.73. The number of rotatable bonds is 3. The first kappa shape index (κ1) is 12.5. The van der Waals surface area contributed by atoms with Crippen molar-refractivity contribution in [3.63, 3.8) is 0 Å². The molecule has 1 aromatic rings. The average Bonchev–Trinajstić information content (AvgIpc) is 2.15. The van der Waals surface area contributed by atoms with Gasteiger partial charge in [0.05, 0.1) is 0 Å². The van der Waals surface area contributed by atoms with Crippen molar-refractivity contribution in [2.24, 2.45) is 0 Å². The Hall–Kier alpha value is -0.590. The fraction of sp³-hybridized carbons (Fsp3) is 0.500. The average molecular weight is 225 g/mol. The molecule has 0 N–H and O–H groups in total. The van der Waals surface area contributed by atoms with Gasteiger partial charge in [-0.15, -0.1) is 0 Å². The molecule has 0 aliphatic rings. The molecule has 0 amide bonds. The van der Waals surface area contributed by atoms with E-state index in [1.54, 1.807) is 0 Å². The van der Waals surface area contributed by atoms with Gasteiger partial charge in [0.2, 0.25) is 0 Å². The molecular weight excluding hydrogens is 205 g/mol. The van der Waals surface area contributed by atoms with Crippen LogP contribution in [0.25, 0.3) is 0 Å². The molecule has 1 aromatic carbocycles. The van der Waals surface area contributed by atoms with E-state index in [1.807, 2.05) is 37.2 Å². The third kappa shape index (κ3) is 2.93. The van der Waals surface area contributed by atoms with E-state index in [4.69, 9.17) is 0 Å². The van der Waals surface area contributed by atoms with Gasteiger partial charge in [0.15, 0.2) is 0 Å². The summed E-state index contributed by atoms with van der Waals surface area (Å²) in [6, 6.07) is 8.46. The van der Waals surface area contributed by atoms with Crippen LogP contribution in [0, 0.1) is 6.92 Å². The van der Waals surface area contributed by atoms with Crippen LogP contribution >= 0.6 is 7.29 Å². The SMILES string of the molecule is Cc1ccccc1C(C)N(C)P(C)(C)=O. The summed E-state index contributed by atoms with van der Waals surface area (Å²) < 4.78 is 13.9. The number of aryl methyl sites for hydroxylation is 1. The lowest BCUT2D eigenvalue weighted by Crippen LogP contribution is -2.19. The third-order valence-corrected chi connectivity index (χ3v) is 4.82. The van der Waals surface area contributed by atoms with E-state index in [1.165, 1.54) is 11.1 Å². The maximum atomic E-state index is 12.0. The molecule has 1 rings (SSSR count). The van der Waals surface area contributed by atoms with Crippen molar-refractivity contribution in [3.8, 4) is 0 Å². The van der Waals surface area contributed by atoms with E-state index in [2.05, 4.69) is 26.0 Å². The standard InChI is InChI=1S/C12H20NOP/c1-10-8-6-7-9-12(10)11(2)13(3)15(4,5)14/h6-9,11H,1-5H3. The Kier molecular flexibility index (Phi) is 3.75. The first-order chi connectivity index (χ1) is 6.84. The van der Waals surface area contributed by atoms with E-state index in [9.17, 15) is 4.57 Å². The highest BCUT2D eigenvalue weighted by molar-refractivity contribution is 7.59. The highest BCUT2D eigenvalue weighted by atomic mass is 31.2. The lowest BCUT2D eigenvalue weighted by Gasteiger charge is -2.29. The summed E-state index contributed by atoms with van der Waals surface area (Å²) in [5.41, 5.74) is 2.51. The van der Waals surface area contributed by atoms with Gasteiger partial charge in [0, 0.05) is 19.4 Å². The van der Waals surface area contributed by atoms with Crippen LogP contribution in [0.3, 0.4) is 0 Å². The number of hydrogen-bond donors (Lipinski definition) is 0. The molecule has 15 heavy (non-hydrogen) atoms. The van der Waals surface area contributed by atoms with Gasteiger partial charge in [0.25, 0.3) is 0 Å². The van der Waals surface area contributed by atoms with Gasteiger partial charge in [0.1, 0.15) is 7.29 Å². The lowest BCUT2D eigenvalue weighted by molar-refractivity contribution is 0.401. The molecular formula is C12H20NOP. The fourth-order valence-corrected chi connectivity index (χ4v) is 2.63. The summed E-state index contributed by atoms with van der Waals surface area (Å²) in [6.45, 7) is 7.81. The Balaban J connectivity index is 3.00. The van der Waals surface area contributed by atoms with E-state index in [-0.39, 0.29) is 6.04 Å². The van der Waals surface area contributed by atoms with E-state index in [0.717, 1.165) is 0 Å². The topological polar surface area (TPSA) is 20.3 Å². The molecule has 0 spiro atoms. The molecule has 1 atom stereocenters. The molecule has 1 unspecified atom stereocenters. The van der Waals surface area contributed by atoms with Gasteiger partial charge in [-0.2, -0.15) is 0 Å². The summed E-state index contributed by atoms with van der Waals surface area (Å²) >= 11 is 0. The highest BCUT2D eigenvalue weighted by Crippen LogP contribution is 2.45. The van der Waals surface area contributed by atoms with E-state index < -0.39 is 7.29 Å². The normalized spacial score (nSPS) is 14.3. The Morgan fingerprint density at radius 1 is 1.27 bits per heavy atom. The van der Waals surface area contributed by atoms with Gasteiger partial charge in [-0.25, -0.2) is 4.67 Å². The first-order valence-electron chi connectivity index (χ1n) is 5.18. The number of nitrogens with zero attached hydrogens (tertiary/aromatic N) is 1. The second-order valence-electron chi connectivity index (χ2n) is 4.40. The predicted octanol–water partition coefficient (Wildman–Crippen LogP) is 3.53. The molecule has 0 radical (unpaired) electrons. The van der Waals surface area contributed by atoms with E-state index >= 15 is 0 Å². The van der Waals surface area contributed by atoms with Gasteiger partial charge in [-0.1, -0.05) is 24.3 Å². The largest absolute Gasteiger partial charge is 0.307 e. The van der Waals surface area contributed by atoms with Crippen LogP contribution in [0.5, 0.6) is 0 Å². The molecule has 0 aromatic heterocycles. The minimum atomic E-state index is -2.16. The summed E-state index contributed by atoms with van der Waals surface area (Å²) in [7, 11) is -0.236. The Labute approximate surface area is 92.7 Å². The monoisotopic (exact) mass is 225 g/mol. The molecule has 0 heterocycles. The minimum absolute atomic E-state index is 0.201. The summed E-state index contributed by atoms with van der Waals surface area (Å²) in [5, 5.41) is 0. The predicted molar refractivity (Wildman–Crippen MR) is 66.8 cm³/mol. The maximum Gasteiger partial charge on any atom is 0.144 e. The molecule has 3 heteroatoms. The van der Waals surface area contributed by atoms with Crippen molar-refractivity contribution in [3.05, 3.63) is 35.4 Å². The third-order valence-electron chi connectivity index (χ3n) is 2.96. The van der Waals surface area contributed by atoms with Crippen molar-refractivity contribution in [2.75, 3.05) is 20.4 Å². The Morgan fingerprint density at radius 3 is 2.27 bits per heavy atom. The van der Waals surface area contributed by atoms with Gasteiger partial charge < -0.3 is 4.57 Å². The second kappa shape index (κ2) is 4.51.